The number of halogens is 1. The van der Waals surface area contributed by atoms with Crippen LogP contribution in [0.2, 0.25) is 5.02 Å². The van der Waals surface area contributed by atoms with E-state index >= 15 is 0 Å². The number of thiophene rings is 1. The molecule has 1 aromatic heterocycles. The summed E-state index contributed by atoms with van der Waals surface area (Å²) >= 11 is 7.91. The molecule has 0 radical (unpaired) electrons. The minimum Gasteiger partial charge on any atom is -0.306 e. The Bertz CT molecular complexity index is 533. The Balaban J connectivity index is 2.41. The quantitative estimate of drug-likeness (QED) is 0.854. The van der Waals surface area contributed by atoms with Crippen LogP contribution in [0, 0.1) is 13.8 Å². The first-order valence-electron chi connectivity index (χ1n) is 6.17. The van der Waals surface area contributed by atoms with Crippen molar-refractivity contribution in [3.05, 3.63) is 56.2 Å². The fraction of sp³-hybridized carbons (Fsp3) is 0.333. The Kier molecular flexibility index (Phi) is 4.44. The average Bonchev–Trinajstić information content (AvgIpc) is 2.76. The van der Waals surface area contributed by atoms with Crippen molar-refractivity contribution in [2.75, 3.05) is 6.54 Å². The Morgan fingerprint density at radius 1 is 1.22 bits per heavy atom. The molecule has 3 heteroatoms. The zero-order valence-electron chi connectivity index (χ0n) is 11.0. The highest BCUT2D eigenvalue weighted by atomic mass is 35.5. The first-order valence-corrected chi connectivity index (χ1v) is 7.42. The molecule has 0 amide bonds. The highest BCUT2D eigenvalue weighted by molar-refractivity contribution is 7.10. The average molecular weight is 280 g/mol. The molecule has 0 aliphatic rings. The molecule has 1 atom stereocenters. The summed E-state index contributed by atoms with van der Waals surface area (Å²) in [6.45, 7) is 7.30. The largest absolute Gasteiger partial charge is 0.306 e. The number of nitrogens with one attached hydrogen (secondary N) is 1. The zero-order chi connectivity index (χ0) is 13.1. The van der Waals surface area contributed by atoms with Crippen molar-refractivity contribution < 1.29 is 0 Å². The number of benzene rings is 1. The van der Waals surface area contributed by atoms with Gasteiger partial charge in [0.1, 0.15) is 0 Å². The van der Waals surface area contributed by atoms with Crippen LogP contribution in [-0.2, 0) is 0 Å². The molecule has 1 nitrogen and oxygen atoms in total. The molecule has 0 aliphatic heterocycles. The minimum atomic E-state index is 0.269. The van der Waals surface area contributed by atoms with Crippen LogP contribution in [-0.4, -0.2) is 6.54 Å². The smallest absolute Gasteiger partial charge is 0.0673 e. The van der Waals surface area contributed by atoms with E-state index in [1.54, 1.807) is 0 Å². The summed E-state index contributed by atoms with van der Waals surface area (Å²) in [5, 5.41) is 6.54. The van der Waals surface area contributed by atoms with E-state index in [4.69, 9.17) is 11.6 Å². The molecule has 2 aromatic rings. The van der Waals surface area contributed by atoms with Crippen molar-refractivity contribution in [1.82, 2.24) is 5.32 Å². The Morgan fingerprint density at radius 2 is 2.00 bits per heavy atom. The van der Waals surface area contributed by atoms with Crippen LogP contribution >= 0.6 is 22.9 Å². The molecule has 1 heterocycles. The molecule has 1 unspecified atom stereocenters. The van der Waals surface area contributed by atoms with Gasteiger partial charge in [-0.2, -0.15) is 0 Å². The maximum Gasteiger partial charge on any atom is 0.0673 e. The normalized spacial score (nSPS) is 12.7. The molecule has 0 fully saturated rings. The van der Waals surface area contributed by atoms with E-state index in [9.17, 15) is 0 Å². The monoisotopic (exact) mass is 279 g/mol. The lowest BCUT2D eigenvalue weighted by Gasteiger charge is -2.19. The van der Waals surface area contributed by atoms with Gasteiger partial charge in [0.15, 0.2) is 0 Å². The first-order chi connectivity index (χ1) is 8.63. The van der Waals surface area contributed by atoms with Crippen molar-refractivity contribution in [2.24, 2.45) is 0 Å². The van der Waals surface area contributed by atoms with Gasteiger partial charge in [-0.1, -0.05) is 30.7 Å². The summed E-state index contributed by atoms with van der Waals surface area (Å²) in [7, 11) is 0. The molecule has 1 N–H and O–H groups in total. The molecule has 0 saturated heterocycles. The molecule has 2 rings (SSSR count). The van der Waals surface area contributed by atoms with Crippen molar-refractivity contribution in [3.8, 4) is 0 Å². The van der Waals surface area contributed by atoms with Crippen LogP contribution in [0.4, 0.5) is 0 Å². The lowest BCUT2D eigenvalue weighted by atomic mass is 10.0. The highest BCUT2D eigenvalue weighted by Gasteiger charge is 2.16. The minimum absolute atomic E-state index is 0.269. The Morgan fingerprint density at radius 3 is 2.56 bits per heavy atom. The molecule has 0 bridgehead atoms. The van der Waals surface area contributed by atoms with E-state index in [1.165, 1.54) is 16.0 Å². The summed E-state index contributed by atoms with van der Waals surface area (Å²) in [5.74, 6) is 0. The summed E-state index contributed by atoms with van der Waals surface area (Å²) in [4.78, 5) is 1.39. The van der Waals surface area contributed by atoms with Crippen LogP contribution < -0.4 is 5.32 Å². The van der Waals surface area contributed by atoms with E-state index in [0.717, 1.165) is 17.1 Å². The second-order valence-corrected chi connectivity index (χ2v) is 5.82. The third-order valence-corrected chi connectivity index (χ3v) is 4.60. The fourth-order valence-electron chi connectivity index (χ4n) is 2.09. The van der Waals surface area contributed by atoms with E-state index < -0.39 is 0 Å². The standard InChI is InChI=1S/C15H18ClNS/c1-4-17-14(15-10(2)7-8-18-15)12-5-6-13(16)11(3)9-12/h5-9,14,17H,4H2,1-3H3. The second kappa shape index (κ2) is 5.87. The third-order valence-electron chi connectivity index (χ3n) is 3.09. The lowest BCUT2D eigenvalue weighted by Crippen LogP contribution is -2.21. The van der Waals surface area contributed by atoms with Gasteiger partial charge >= 0.3 is 0 Å². The summed E-state index contributed by atoms with van der Waals surface area (Å²) in [5.41, 5.74) is 3.76. The molecule has 0 aliphatic carbocycles. The van der Waals surface area contributed by atoms with Crippen molar-refractivity contribution in [3.63, 3.8) is 0 Å². The predicted octanol–water partition coefficient (Wildman–Crippen LogP) is 4.72. The maximum atomic E-state index is 6.10. The van der Waals surface area contributed by atoms with E-state index in [0.29, 0.717) is 0 Å². The highest BCUT2D eigenvalue weighted by Crippen LogP contribution is 2.31. The van der Waals surface area contributed by atoms with E-state index in [2.05, 4.69) is 49.7 Å². The van der Waals surface area contributed by atoms with Gasteiger partial charge in [0.2, 0.25) is 0 Å². The van der Waals surface area contributed by atoms with Gasteiger partial charge in [-0.3, -0.25) is 0 Å². The summed E-state index contributed by atoms with van der Waals surface area (Å²) in [6, 6.07) is 8.72. The number of rotatable bonds is 4. The van der Waals surface area contributed by atoms with Crippen molar-refractivity contribution >= 4 is 22.9 Å². The summed E-state index contributed by atoms with van der Waals surface area (Å²) in [6.07, 6.45) is 0. The molecular formula is C15H18ClNS. The fourth-order valence-corrected chi connectivity index (χ4v) is 3.24. The molecule has 18 heavy (non-hydrogen) atoms. The van der Waals surface area contributed by atoms with Crippen molar-refractivity contribution in [1.29, 1.82) is 0 Å². The van der Waals surface area contributed by atoms with Gasteiger partial charge in [0.05, 0.1) is 6.04 Å². The molecule has 96 valence electrons. The van der Waals surface area contributed by atoms with Gasteiger partial charge in [-0.25, -0.2) is 0 Å². The summed E-state index contributed by atoms with van der Waals surface area (Å²) < 4.78 is 0. The van der Waals surface area contributed by atoms with Crippen molar-refractivity contribution in [2.45, 2.75) is 26.8 Å². The topological polar surface area (TPSA) is 12.0 Å². The van der Waals surface area contributed by atoms with Crippen LogP contribution in [0.5, 0.6) is 0 Å². The molecule has 1 aromatic carbocycles. The lowest BCUT2D eigenvalue weighted by molar-refractivity contribution is 0.637. The predicted molar refractivity (Wildman–Crippen MR) is 80.8 cm³/mol. The van der Waals surface area contributed by atoms with Crippen LogP contribution in [0.1, 0.15) is 34.5 Å². The van der Waals surface area contributed by atoms with E-state index in [-0.39, 0.29) is 6.04 Å². The van der Waals surface area contributed by atoms with Crippen LogP contribution in [0.15, 0.2) is 29.6 Å². The van der Waals surface area contributed by atoms with Crippen LogP contribution in [0.25, 0.3) is 0 Å². The van der Waals surface area contributed by atoms with E-state index in [1.807, 2.05) is 17.4 Å². The van der Waals surface area contributed by atoms with Gasteiger partial charge in [-0.15, -0.1) is 11.3 Å². The van der Waals surface area contributed by atoms with Crippen LogP contribution in [0.3, 0.4) is 0 Å². The van der Waals surface area contributed by atoms with Gasteiger partial charge in [0.25, 0.3) is 0 Å². The molecule has 0 spiro atoms. The number of hydrogen-bond donors (Lipinski definition) is 1. The van der Waals surface area contributed by atoms with Gasteiger partial charge < -0.3 is 5.32 Å². The molecular weight excluding hydrogens is 262 g/mol. The maximum absolute atomic E-state index is 6.10. The second-order valence-electron chi connectivity index (χ2n) is 4.47. The van der Waals surface area contributed by atoms with Gasteiger partial charge in [0, 0.05) is 9.90 Å². The zero-order valence-corrected chi connectivity index (χ0v) is 12.5. The molecule has 0 saturated carbocycles. The Hall–Kier alpha value is -0.830. The first kappa shape index (κ1) is 13.6. The van der Waals surface area contributed by atoms with Gasteiger partial charge in [-0.05, 0) is 54.6 Å². The number of hydrogen-bond acceptors (Lipinski definition) is 2. The third kappa shape index (κ3) is 2.77. The SMILES string of the molecule is CCNC(c1ccc(Cl)c(C)c1)c1sccc1C. The number of aryl methyl sites for hydroxylation is 2. The Labute approximate surface area is 118 Å².